The molecule has 0 saturated heterocycles. The second-order valence-electron chi connectivity index (χ2n) is 7.10. The number of aromatic hydroxyl groups is 1. The van der Waals surface area contributed by atoms with Gasteiger partial charge in [-0.15, -0.1) is 20.4 Å². The van der Waals surface area contributed by atoms with Crippen molar-refractivity contribution in [1.82, 2.24) is 25.1 Å². The van der Waals surface area contributed by atoms with Crippen LogP contribution in [0.15, 0.2) is 57.1 Å². The molecule has 2 aromatic heterocycles. The van der Waals surface area contributed by atoms with E-state index in [9.17, 15) is 9.90 Å². The molecule has 4 aromatic rings. The summed E-state index contributed by atoms with van der Waals surface area (Å²) in [7, 11) is 1.47. The van der Waals surface area contributed by atoms with Gasteiger partial charge in [-0.1, -0.05) is 58.6 Å². The lowest BCUT2D eigenvalue weighted by molar-refractivity contribution is -0.113. The SMILES string of the molecule is COc1ccc(/C=N/Nc2nnc(SCC(=O)Nc3nnc(SCc4ccc(Cl)cc4)s3)n2N)cc1O. The predicted octanol–water partition coefficient (Wildman–Crippen LogP) is 3.68. The first-order valence-electron chi connectivity index (χ1n) is 10.4. The van der Waals surface area contributed by atoms with Crippen LogP contribution in [0.4, 0.5) is 11.1 Å². The summed E-state index contributed by atoms with van der Waals surface area (Å²) < 4.78 is 6.92. The smallest absolute Gasteiger partial charge is 0.264 e. The van der Waals surface area contributed by atoms with Crippen LogP contribution >= 0.6 is 46.5 Å². The van der Waals surface area contributed by atoms with E-state index in [1.165, 1.54) is 47.2 Å². The maximum Gasteiger partial charge on any atom is 0.264 e. The van der Waals surface area contributed by atoms with Gasteiger partial charge in [0.25, 0.3) is 5.95 Å². The number of halogens is 1. The summed E-state index contributed by atoms with van der Waals surface area (Å²) in [5.74, 6) is 6.98. The fraction of sp³-hybridized carbons (Fsp3) is 0.143. The minimum atomic E-state index is -0.287. The molecule has 0 aliphatic carbocycles. The summed E-state index contributed by atoms with van der Waals surface area (Å²) in [6, 6.07) is 12.4. The number of hydrogen-bond acceptors (Lipinski definition) is 13. The number of amides is 1. The van der Waals surface area contributed by atoms with Gasteiger partial charge in [-0.25, -0.2) is 10.1 Å². The Morgan fingerprint density at radius 2 is 2.03 bits per heavy atom. The molecular formula is C21H20ClN9O3S3. The number of benzene rings is 2. The van der Waals surface area contributed by atoms with E-state index >= 15 is 0 Å². The summed E-state index contributed by atoms with van der Waals surface area (Å²) in [5.41, 5.74) is 4.40. The Morgan fingerprint density at radius 3 is 2.78 bits per heavy atom. The molecule has 0 fully saturated rings. The first kappa shape index (κ1) is 26.5. The van der Waals surface area contributed by atoms with E-state index in [0.29, 0.717) is 32.4 Å². The Morgan fingerprint density at radius 1 is 1.22 bits per heavy atom. The lowest BCUT2D eigenvalue weighted by atomic mass is 10.2. The Bertz CT molecular complexity index is 1400. The van der Waals surface area contributed by atoms with Crippen LogP contribution in [0.5, 0.6) is 11.5 Å². The summed E-state index contributed by atoms with van der Waals surface area (Å²) in [5, 5.41) is 34.0. The van der Waals surface area contributed by atoms with E-state index in [2.05, 4.69) is 36.2 Å². The maximum atomic E-state index is 12.3. The van der Waals surface area contributed by atoms with Gasteiger partial charge in [0.15, 0.2) is 15.8 Å². The van der Waals surface area contributed by atoms with Crippen LogP contribution in [0.3, 0.4) is 0 Å². The molecule has 2 aromatic carbocycles. The molecule has 2 heterocycles. The van der Waals surface area contributed by atoms with Gasteiger partial charge in [-0.2, -0.15) is 5.10 Å². The number of carbonyl (C=O) groups excluding carboxylic acids is 1. The van der Waals surface area contributed by atoms with Crippen molar-refractivity contribution in [1.29, 1.82) is 0 Å². The van der Waals surface area contributed by atoms with Crippen LogP contribution in [0.1, 0.15) is 11.1 Å². The molecule has 192 valence electrons. The number of hydrazone groups is 1. The third kappa shape index (κ3) is 7.48. The van der Waals surface area contributed by atoms with Crippen LogP contribution in [-0.2, 0) is 10.5 Å². The molecule has 37 heavy (non-hydrogen) atoms. The second kappa shape index (κ2) is 12.6. The number of nitrogens with two attached hydrogens (primary N) is 1. The summed E-state index contributed by atoms with van der Waals surface area (Å²) in [4.78, 5) is 12.3. The number of phenols is 1. The first-order valence-corrected chi connectivity index (χ1v) is 13.6. The Kier molecular flexibility index (Phi) is 9.05. The molecule has 1 amide bonds. The summed E-state index contributed by atoms with van der Waals surface area (Å²) in [6.07, 6.45) is 1.47. The number of aromatic nitrogens is 5. The predicted molar refractivity (Wildman–Crippen MR) is 146 cm³/mol. The topological polar surface area (TPSA) is 165 Å². The number of anilines is 2. The molecule has 12 nitrogen and oxygen atoms in total. The largest absolute Gasteiger partial charge is 0.504 e. The molecule has 4 rings (SSSR count). The van der Waals surface area contributed by atoms with Gasteiger partial charge in [0.05, 0.1) is 19.1 Å². The standard InChI is InChI=1S/C21H20ClN9O3S3/c1-34-16-7-4-13(8-15(16)32)9-24-26-18-27-29-20(31(18)23)35-11-17(33)25-19-28-30-21(37-19)36-10-12-2-5-14(22)6-3-12/h2-9,32H,10-11,23H2,1H3,(H,26,27)(H,25,28,33)/b24-9+. The Hall–Kier alpha value is -3.53. The van der Waals surface area contributed by atoms with E-state index in [1.54, 1.807) is 12.1 Å². The van der Waals surface area contributed by atoms with Gasteiger partial charge in [0, 0.05) is 10.8 Å². The zero-order valence-electron chi connectivity index (χ0n) is 19.2. The number of thioether (sulfide) groups is 2. The normalized spacial score (nSPS) is 11.1. The number of phenolic OH excluding ortho intramolecular Hbond substituents is 1. The van der Waals surface area contributed by atoms with Crippen LogP contribution in [0.25, 0.3) is 0 Å². The van der Waals surface area contributed by atoms with Crippen LogP contribution < -0.4 is 21.3 Å². The van der Waals surface area contributed by atoms with Gasteiger partial charge in [-0.05, 0) is 41.5 Å². The number of methoxy groups -OCH3 is 1. The molecule has 0 aliphatic rings. The molecule has 5 N–H and O–H groups in total. The highest BCUT2D eigenvalue weighted by molar-refractivity contribution is 8.00. The van der Waals surface area contributed by atoms with Crippen molar-refractivity contribution in [2.24, 2.45) is 5.10 Å². The third-order valence-corrected chi connectivity index (χ3v) is 7.74. The average molecular weight is 578 g/mol. The van der Waals surface area contributed by atoms with E-state index < -0.39 is 0 Å². The summed E-state index contributed by atoms with van der Waals surface area (Å²) >= 11 is 9.82. The first-order chi connectivity index (χ1) is 17.9. The van der Waals surface area contributed by atoms with E-state index in [0.717, 1.165) is 21.7 Å². The van der Waals surface area contributed by atoms with E-state index in [4.69, 9.17) is 22.2 Å². The Balaban J connectivity index is 1.23. The van der Waals surface area contributed by atoms with Crippen molar-refractivity contribution in [3.8, 4) is 11.5 Å². The molecule has 0 radical (unpaired) electrons. The number of hydrogen-bond donors (Lipinski definition) is 4. The number of nitrogens with zero attached hydrogens (tertiary/aromatic N) is 6. The molecule has 0 saturated carbocycles. The van der Waals surface area contributed by atoms with Gasteiger partial charge in [0.1, 0.15) is 0 Å². The highest BCUT2D eigenvalue weighted by Crippen LogP contribution is 2.29. The zero-order chi connectivity index (χ0) is 26.2. The summed E-state index contributed by atoms with van der Waals surface area (Å²) in [6.45, 7) is 0. The highest BCUT2D eigenvalue weighted by Gasteiger charge is 2.14. The molecule has 16 heteroatoms. The van der Waals surface area contributed by atoms with Crippen molar-refractivity contribution < 1.29 is 14.6 Å². The lowest BCUT2D eigenvalue weighted by Gasteiger charge is -2.04. The number of nitrogen functional groups attached to an aromatic ring is 1. The van der Waals surface area contributed by atoms with Gasteiger partial charge < -0.3 is 15.7 Å². The number of ether oxygens (including phenoxy) is 1. The quantitative estimate of drug-likeness (QED) is 0.0675. The van der Waals surface area contributed by atoms with Crippen molar-refractivity contribution in [2.75, 3.05) is 29.4 Å². The number of carbonyl (C=O) groups is 1. The van der Waals surface area contributed by atoms with Crippen LogP contribution in [0.2, 0.25) is 5.02 Å². The fourth-order valence-corrected chi connectivity index (χ4v) is 5.24. The zero-order valence-corrected chi connectivity index (χ0v) is 22.4. The highest BCUT2D eigenvalue weighted by atomic mass is 35.5. The van der Waals surface area contributed by atoms with Gasteiger partial charge >= 0.3 is 0 Å². The van der Waals surface area contributed by atoms with E-state index in [1.807, 2.05) is 24.3 Å². The van der Waals surface area contributed by atoms with Crippen LogP contribution in [0, 0.1) is 0 Å². The second-order valence-corrected chi connectivity index (χ2v) is 10.7. The van der Waals surface area contributed by atoms with Gasteiger partial charge in [-0.3, -0.25) is 10.1 Å². The monoisotopic (exact) mass is 577 g/mol. The van der Waals surface area contributed by atoms with Crippen molar-refractivity contribution >= 4 is 69.7 Å². The van der Waals surface area contributed by atoms with Crippen molar-refractivity contribution in [2.45, 2.75) is 15.2 Å². The molecule has 0 atom stereocenters. The minimum Gasteiger partial charge on any atom is -0.504 e. The average Bonchev–Trinajstić information content (AvgIpc) is 3.48. The fourth-order valence-electron chi connectivity index (χ4n) is 2.73. The minimum absolute atomic E-state index is 0.00755. The molecule has 0 aliphatic heterocycles. The van der Waals surface area contributed by atoms with Crippen molar-refractivity contribution in [3.05, 3.63) is 58.6 Å². The Labute approximate surface area is 228 Å². The number of rotatable bonds is 11. The molecule has 0 unspecified atom stereocenters. The number of nitrogens with one attached hydrogen (secondary N) is 2. The van der Waals surface area contributed by atoms with Crippen LogP contribution in [-0.4, -0.2) is 55.2 Å². The third-order valence-electron chi connectivity index (χ3n) is 4.51. The maximum absolute atomic E-state index is 12.3. The molecule has 0 spiro atoms. The van der Waals surface area contributed by atoms with Crippen molar-refractivity contribution in [3.63, 3.8) is 0 Å². The van der Waals surface area contributed by atoms with E-state index in [-0.39, 0.29) is 23.4 Å². The molecular weight excluding hydrogens is 558 g/mol. The molecule has 0 bridgehead atoms. The van der Waals surface area contributed by atoms with Gasteiger partial charge in [0.2, 0.25) is 16.2 Å². The lowest BCUT2D eigenvalue weighted by Crippen LogP contribution is -2.16.